The molecule has 1 aromatic rings. The van der Waals surface area contributed by atoms with Gasteiger partial charge in [0, 0.05) is 18.5 Å². The van der Waals surface area contributed by atoms with E-state index >= 15 is 0 Å². The van der Waals surface area contributed by atoms with Gasteiger partial charge in [-0.05, 0) is 24.1 Å². The van der Waals surface area contributed by atoms with Gasteiger partial charge in [-0.1, -0.05) is 13.0 Å². The number of hydrogen-bond acceptors (Lipinski definition) is 3. The Morgan fingerprint density at radius 3 is 2.90 bits per heavy atom. The van der Waals surface area contributed by atoms with Crippen molar-refractivity contribution in [2.24, 2.45) is 0 Å². The smallest absolute Gasteiger partial charge is 0.243 e. The van der Waals surface area contributed by atoms with Gasteiger partial charge in [0.05, 0.1) is 18.1 Å². The van der Waals surface area contributed by atoms with Gasteiger partial charge in [0.1, 0.15) is 5.82 Å². The first kappa shape index (κ1) is 15.7. The van der Waals surface area contributed by atoms with Crippen molar-refractivity contribution in [3.05, 3.63) is 29.6 Å². The number of sulfonamides is 1. The lowest BCUT2D eigenvalue weighted by atomic mass is 10.2. The summed E-state index contributed by atoms with van der Waals surface area (Å²) in [5.41, 5.74) is 0.411. The predicted molar refractivity (Wildman–Crippen MR) is 74.7 cm³/mol. The van der Waals surface area contributed by atoms with Crippen LogP contribution in [0, 0.1) is 5.82 Å². The van der Waals surface area contributed by atoms with Crippen molar-refractivity contribution < 1.29 is 17.5 Å². The summed E-state index contributed by atoms with van der Waals surface area (Å²) in [5.74, 6) is -0.561. The average Bonchev–Trinajstić information content (AvgIpc) is 2.47. The third-order valence-corrected chi connectivity index (χ3v) is 5.73. The van der Waals surface area contributed by atoms with Gasteiger partial charge in [0.2, 0.25) is 10.0 Å². The highest BCUT2D eigenvalue weighted by Crippen LogP contribution is 2.26. The average molecular weight is 322 g/mol. The summed E-state index contributed by atoms with van der Waals surface area (Å²) in [6.07, 6.45) is 0.644. The second kappa shape index (κ2) is 6.39. The van der Waals surface area contributed by atoms with E-state index in [1.807, 2.05) is 6.92 Å². The van der Waals surface area contributed by atoms with Crippen molar-refractivity contribution >= 4 is 21.6 Å². The van der Waals surface area contributed by atoms with Gasteiger partial charge >= 0.3 is 0 Å². The van der Waals surface area contributed by atoms with Gasteiger partial charge < -0.3 is 4.74 Å². The molecule has 0 radical (unpaired) electrons. The van der Waals surface area contributed by atoms with Crippen LogP contribution in [0.25, 0.3) is 0 Å². The molecule has 4 nitrogen and oxygen atoms in total. The molecular weight excluding hydrogens is 305 g/mol. The third kappa shape index (κ3) is 2.98. The Bertz CT molecular complexity index is 579. The van der Waals surface area contributed by atoms with E-state index in [1.54, 1.807) is 0 Å². The zero-order valence-electron chi connectivity index (χ0n) is 11.2. The lowest BCUT2D eigenvalue weighted by Crippen LogP contribution is -2.48. The maximum Gasteiger partial charge on any atom is 0.243 e. The Hall–Kier alpha value is -0.690. The molecule has 112 valence electrons. The van der Waals surface area contributed by atoms with E-state index in [0.717, 1.165) is 6.07 Å². The van der Waals surface area contributed by atoms with E-state index in [0.29, 0.717) is 25.2 Å². The van der Waals surface area contributed by atoms with Crippen LogP contribution in [0.1, 0.15) is 18.9 Å². The van der Waals surface area contributed by atoms with Gasteiger partial charge in [-0.2, -0.15) is 4.31 Å². The summed E-state index contributed by atoms with van der Waals surface area (Å²) in [7, 11) is -3.76. The zero-order chi connectivity index (χ0) is 14.8. The summed E-state index contributed by atoms with van der Waals surface area (Å²) in [6, 6.07) is 3.44. The van der Waals surface area contributed by atoms with E-state index in [-0.39, 0.29) is 23.4 Å². The molecule has 1 aliphatic rings. The normalized spacial score (nSPS) is 21.1. The molecule has 0 spiro atoms. The molecule has 1 atom stereocenters. The number of hydrogen-bond donors (Lipinski definition) is 0. The van der Waals surface area contributed by atoms with Gasteiger partial charge in [0.25, 0.3) is 0 Å². The largest absolute Gasteiger partial charge is 0.378 e. The van der Waals surface area contributed by atoms with Gasteiger partial charge in [-0.15, -0.1) is 11.6 Å². The SMILES string of the molecule is CCC1COCCN1S(=O)(=O)c1cc(F)ccc1CCl. The maximum atomic E-state index is 13.4. The van der Waals surface area contributed by atoms with E-state index < -0.39 is 15.8 Å². The molecule has 1 unspecified atom stereocenters. The van der Waals surface area contributed by atoms with E-state index in [4.69, 9.17) is 16.3 Å². The van der Waals surface area contributed by atoms with Gasteiger partial charge in [-0.25, -0.2) is 12.8 Å². The van der Waals surface area contributed by atoms with Crippen molar-refractivity contribution in [3.8, 4) is 0 Å². The Labute approximate surface area is 123 Å². The van der Waals surface area contributed by atoms with Crippen LogP contribution < -0.4 is 0 Å². The second-order valence-corrected chi connectivity index (χ2v) is 6.76. The molecule has 0 bridgehead atoms. The topological polar surface area (TPSA) is 46.6 Å². The fourth-order valence-electron chi connectivity index (χ4n) is 2.28. The molecule has 0 aromatic heterocycles. The molecule has 20 heavy (non-hydrogen) atoms. The van der Waals surface area contributed by atoms with Crippen molar-refractivity contribution in [1.29, 1.82) is 0 Å². The number of benzene rings is 1. The van der Waals surface area contributed by atoms with E-state index in [2.05, 4.69) is 0 Å². The summed E-state index contributed by atoms with van der Waals surface area (Å²) in [5, 5.41) is 0. The molecule has 1 fully saturated rings. The Kier molecular flexibility index (Phi) is 5.01. The molecule has 0 saturated carbocycles. The van der Waals surface area contributed by atoms with Crippen molar-refractivity contribution in [3.63, 3.8) is 0 Å². The first-order valence-corrected chi connectivity index (χ1v) is 8.42. The fraction of sp³-hybridized carbons (Fsp3) is 0.538. The van der Waals surface area contributed by atoms with Crippen LogP contribution in [0.2, 0.25) is 0 Å². The monoisotopic (exact) mass is 321 g/mol. The van der Waals surface area contributed by atoms with Crippen LogP contribution in [0.4, 0.5) is 4.39 Å². The minimum Gasteiger partial charge on any atom is -0.378 e. The quantitative estimate of drug-likeness (QED) is 0.800. The minimum absolute atomic E-state index is 0.0238. The van der Waals surface area contributed by atoms with Crippen LogP contribution in [0.5, 0.6) is 0 Å². The number of alkyl halides is 1. The molecule has 1 heterocycles. The Morgan fingerprint density at radius 1 is 1.50 bits per heavy atom. The molecule has 0 amide bonds. The second-order valence-electron chi connectivity index (χ2n) is 4.64. The highest BCUT2D eigenvalue weighted by atomic mass is 35.5. The molecular formula is C13H17ClFNO3S. The Morgan fingerprint density at radius 2 is 2.25 bits per heavy atom. The summed E-state index contributed by atoms with van der Waals surface area (Å²) in [4.78, 5) is -0.0483. The molecule has 1 aromatic carbocycles. The summed E-state index contributed by atoms with van der Waals surface area (Å²) < 4.78 is 45.6. The molecule has 0 aliphatic carbocycles. The molecule has 0 N–H and O–H groups in total. The van der Waals surface area contributed by atoms with Crippen LogP contribution in [-0.4, -0.2) is 38.5 Å². The molecule has 1 saturated heterocycles. The van der Waals surface area contributed by atoms with Crippen molar-refractivity contribution in [2.45, 2.75) is 30.2 Å². The van der Waals surface area contributed by atoms with E-state index in [1.165, 1.54) is 16.4 Å². The molecule has 1 aliphatic heterocycles. The Balaban J connectivity index is 2.46. The predicted octanol–water partition coefficient (Wildman–Crippen LogP) is 2.36. The minimum atomic E-state index is -3.76. The number of nitrogens with zero attached hydrogens (tertiary/aromatic N) is 1. The number of ether oxygens (including phenoxy) is 1. The summed E-state index contributed by atoms with van der Waals surface area (Å²) >= 11 is 5.77. The van der Waals surface area contributed by atoms with Crippen molar-refractivity contribution in [2.75, 3.05) is 19.8 Å². The van der Waals surface area contributed by atoms with E-state index in [9.17, 15) is 12.8 Å². The van der Waals surface area contributed by atoms with Gasteiger partial charge in [-0.3, -0.25) is 0 Å². The fourth-order valence-corrected chi connectivity index (χ4v) is 4.50. The highest BCUT2D eigenvalue weighted by molar-refractivity contribution is 7.89. The first-order valence-electron chi connectivity index (χ1n) is 6.44. The first-order chi connectivity index (χ1) is 9.50. The zero-order valence-corrected chi connectivity index (χ0v) is 12.8. The number of morpholine rings is 1. The maximum absolute atomic E-state index is 13.4. The van der Waals surface area contributed by atoms with Crippen LogP contribution in [-0.2, 0) is 20.6 Å². The lowest BCUT2D eigenvalue weighted by molar-refractivity contribution is 0.0314. The lowest BCUT2D eigenvalue weighted by Gasteiger charge is -2.34. The number of rotatable bonds is 4. The third-order valence-electron chi connectivity index (χ3n) is 3.40. The van der Waals surface area contributed by atoms with Crippen LogP contribution in [0.15, 0.2) is 23.1 Å². The standard InChI is InChI=1S/C13H17ClFNO3S/c1-2-12-9-19-6-5-16(12)20(17,18)13-7-11(15)4-3-10(13)8-14/h3-4,7,12H,2,5-6,8-9H2,1H3. The molecule has 7 heteroatoms. The van der Waals surface area contributed by atoms with Gasteiger partial charge in [0.15, 0.2) is 0 Å². The highest BCUT2D eigenvalue weighted by Gasteiger charge is 2.34. The molecule has 2 rings (SSSR count). The van der Waals surface area contributed by atoms with Crippen molar-refractivity contribution in [1.82, 2.24) is 4.31 Å². The van der Waals surface area contributed by atoms with Crippen LogP contribution in [0.3, 0.4) is 0 Å². The number of halogens is 2. The van der Waals surface area contributed by atoms with Crippen LogP contribution >= 0.6 is 11.6 Å². The summed E-state index contributed by atoms with van der Waals surface area (Å²) in [6.45, 7) is 2.89.